The molecule has 0 unspecified atom stereocenters. The molecule has 0 bridgehead atoms. The van der Waals surface area contributed by atoms with Crippen LogP contribution in [0, 0.1) is 22.5 Å². The van der Waals surface area contributed by atoms with E-state index in [0.717, 1.165) is 6.07 Å². The van der Waals surface area contributed by atoms with E-state index in [1.807, 2.05) is 0 Å². The number of nitro groups is 1. The van der Waals surface area contributed by atoms with Crippen LogP contribution in [-0.4, -0.2) is 17.4 Å². The Bertz CT molecular complexity index is 479. The molecule has 0 aliphatic rings. The largest absolute Gasteiger partial charge is 0.341 e. The zero-order chi connectivity index (χ0) is 12.1. The van der Waals surface area contributed by atoms with Crippen LogP contribution in [0.5, 0.6) is 0 Å². The van der Waals surface area contributed by atoms with Crippen LogP contribution in [0.1, 0.15) is 10.4 Å². The lowest BCUT2D eigenvalue weighted by Gasteiger charge is -2.02. The predicted octanol–water partition coefficient (Wildman–Crippen LogP) is 1.61. The summed E-state index contributed by atoms with van der Waals surface area (Å²) in [5.41, 5.74) is -0.165. The maximum absolute atomic E-state index is 11.4. The third kappa shape index (κ3) is 2.72. The molecule has 1 aromatic rings. The van der Waals surface area contributed by atoms with Crippen molar-refractivity contribution < 1.29 is 9.72 Å². The van der Waals surface area contributed by atoms with Gasteiger partial charge in [0.15, 0.2) is 0 Å². The van der Waals surface area contributed by atoms with Crippen molar-refractivity contribution in [3.63, 3.8) is 0 Å². The molecule has 1 rings (SSSR count). The average Bonchev–Trinajstić information content (AvgIpc) is 2.26. The smallest absolute Gasteiger partial charge is 0.288 e. The van der Waals surface area contributed by atoms with E-state index in [9.17, 15) is 14.9 Å². The SMILES string of the molecule is C#CCNC(=O)c1ccc(Cl)c([N+](=O)[O-])c1. The normalized spacial score (nSPS) is 9.25. The van der Waals surface area contributed by atoms with Gasteiger partial charge in [-0.1, -0.05) is 17.5 Å². The van der Waals surface area contributed by atoms with Gasteiger partial charge in [-0.25, -0.2) is 0 Å². The molecule has 5 nitrogen and oxygen atoms in total. The molecule has 0 heterocycles. The summed E-state index contributed by atoms with van der Waals surface area (Å²) in [4.78, 5) is 21.3. The molecular weight excluding hydrogens is 232 g/mol. The van der Waals surface area contributed by atoms with E-state index in [2.05, 4.69) is 11.2 Å². The van der Waals surface area contributed by atoms with Crippen molar-refractivity contribution in [2.75, 3.05) is 6.54 Å². The highest BCUT2D eigenvalue weighted by Gasteiger charge is 2.15. The molecule has 0 fully saturated rings. The highest BCUT2D eigenvalue weighted by atomic mass is 35.5. The molecule has 0 saturated carbocycles. The number of terminal acetylenes is 1. The number of rotatable bonds is 3. The molecule has 1 N–H and O–H groups in total. The zero-order valence-electron chi connectivity index (χ0n) is 8.07. The van der Waals surface area contributed by atoms with Gasteiger partial charge in [0, 0.05) is 11.6 Å². The van der Waals surface area contributed by atoms with Gasteiger partial charge >= 0.3 is 0 Å². The molecule has 0 spiro atoms. The molecule has 0 radical (unpaired) electrons. The Hall–Kier alpha value is -2.06. The average molecular weight is 239 g/mol. The van der Waals surface area contributed by atoms with Gasteiger partial charge in [-0.05, 0) is 12.1 Å². The van der Waals surface area contributed by atoms with E-state index >= 15 is 0 Å². The molecule has 82 valence electrons. The molecule has 6 heteroatoms. The minimum atomic E-state index is -0.652. The van der Waals surface area contributed by atoms with Gasteiger partial charge in [-0.3, -0.25) is 14.9 Å². The molecule has 1 aromatic carbocycles. The van der Waals surface area contributed by atoms with Crippen LogP contribution in [0.25, 0.3) is 0 Å². The van der Waals surface area contributed by atoms with Crippen LogP contribution < -0.4 is 5.32 Å². The van der Waals surface area contributed by atoms with Gasteiger partial charge in [0.25, 0.3) is 11.6 Å². The van der Waals surface area contributed by atoms with E-state index < -0.39 is 10.8 Å². The molecule has 0 aromatic heterocycles. The Kier molecular flexibility index (Phi) is 3.86. The summed E-state index contributed by atoms with van der Waals surface area (Å²) in [7, 11) is 0. The van der Waals surface area contributed by atoms with Crippen molar-refractivity contribution in [2.45, 2.75) is 0 Å². The van der Waals surface area contributed by atoms with Crippen LogP contribution in [0.2, 0.25) is 5.02 Å². The first-order chi connectivity index (χ1) is 7.56. The lowest BCUT2D eigenvalue weighted by Crippen LogP contribution is -2.23. The number of hydrogen-bond acceptors (Lipinski definition) is 3. The van der Waals surface area contributed by atoms with Gasteiger partial charge in [-0.15, -0.1) is 6.42 Å². The quantitative estimate of drug-likeness (QED) is 0.494. The number of halogens is 1. The van der Waals surface area contributed by atoms with E-state index in [1.165, 1.54) is 12.1 Å². The number of benzene rings is 1. The Labute approximate surface area is 96.6 Å². The summed E-state index contributed by atoms with van der Waals surface area (Å²) in [5.74, 6) is 1.75. The zero-order valence-corrected chi connectivity index (χ0v) is 8.82. The number of nitro benzene ring substituents is 1. The first-order valence-electron chi connectivity index (χ1n) is 4.22. The van der Waals surface area contributed by atoms with Crippen molar-refractivity contribution in [3.05, 3.63) is 38.9 Å². The number of hydrogen-bond donors (Lipinski definition) is 1. The molecular formula is C10H7ClN2O3. The molecule has 0 saturated heterocycles. The maximum atomic E-state index is 11.4. The number of carbonyl (C=O) groups excluding carboxylic acids is 1. The summed E-state index contributed by atoms with van der Waals surface area (Å²) < 4.78 is 0. The summed E-state index contributed by atoms with van der Waals surface area (Å²) in [5, 5.41) is 12.9. The van der Waals surface area contributed by atoms with Gasteiger partial charge < -0.3 is 5.32 Å². The molecule has 0 aliphatic carbocycles. The van der Waals surface area contributed by atoms with E-state index in [4.69, 9.17) is 18.0 Å². The molecule has 0 aliphatic heterocycles. The van der Waals surface area contributed by atoms with Crippen molar-refractivity contribution >= 4 is 23.2 Å². The summed E-state index contributed by atoms with van der Waals surface area (Å²) in [6.07, 6.45) is 4.96. The highest BCUT2D eigenvalue weighted by molar-refractivity contribution is 6.32. The lowest BCUT2D eigenvalue weighted by molar-refractivity contribution is -0.384. The second-order valence-corrected chi connectivity index (χ2v) is 3.22. The fourth-order valence-corrected chi connectivity index (χ4v) is 1.21. The first-order valence-corrected chi connectivity index (χ1v) is 4.59. The number of nitrogens with zero attached hydrogens (tertiary/aromatic N) is 1. The van der Waals surface area contributed by atoms with E-state index in [0.29, 0.717) is 0 Å². The van der Waals surface area contributed by atoms with Gasteiger partial charge in [-0.2, -0.15) is 0 Å². The van der Waals surface area contributed by atoms with Crippen LogP contribution in [0.4, 0.5) is 5.69 Å². The monoisotopic (exact) mass is 238 g/mol. The molecule has 0 atom stereocenters. The lowest BCUT2D eigenvalue weighted by atomic mass is 10.2. The second kappa shape index (κ2) is 5.14. The minimum absolute atomic E-state index is 0.0153. The Morgan fingerprint density at radius 3 is 2.88 bits per heavy atom. The van der Waals surface area contributed by atoms with E-state index in [1.54, 1.807) is 0 Å². The van der Waals surface area contributed by atoms with Crippen LogP contribution in [-0.2, 0) is 0 Å². The van der Waals surface area contributed by atoms with Gasteiger partial charge in [0.2, 0.25) is 0 Å². The molecule has 16 heavy (non-hydrogen) atoms. The fraction of sp³-hybridized carbons (Fsp3) is 0.100. The van der Waals surface area contributed by atoms with E-state index in [-0.39, 0.29) is 22.8 Å². The topological polar surface area (TPSA) is 72.2 Å². The van der Waals surface area contributed by atoms with Gasteiger partial charge in [0.1, 0.15) is 5.02 Å². The number of nitrogens with one attached hydrogen (secondary N) is 1. The van der Waals surface area contributed by atoms with Crippen LogP contribution in [0.3, 0.4) is 0 Å². The minimum Gasteiger partial charge on any atom is -0.341 e. The Morgan fingerprint density at radius 2 is 2.31 bits per heavy atom. The van der Waals surface area contributed by atoms with Crippen LogP contribution in [0.15, 0.2) is 18.2 Å². The Balaban J connectivity index is 2.99. The van der Waals surface area contributed by atoms with Crippen molar-refractivity contribution in [1.29, 1.82) is 0 Å². The summed E-state index contributed by atoms with van der Waals surface area (Å²) >= 11 is 5.59. The first kappa shape index (κ1) is 12.0. The van der Waals surface area contributed by atoms with Gasteiger partial charge in [0.05, 0.1) is 11.5 Å². The third-order valence-corrected chi connectivity index (χ3v) is 2.08. The highest BCUT2D eigenvalue weighted by Crippen LogP contribution is 2.24. The maximum Gasteiger partial charge on any atom is 0.288 e. The summed E-state index contributed by atoms with van der Waals surface area (Å²) in [6.45, 7) is 0.0647. The van der Waals surface area contributed by atoms with Crippen molar-refractivity contribution in [1.82, 2.24) is 5.32 Å². The standard InChI is InChI=1S/C10H7ClN2O3/c1-2-5-12-10(14)7-3-4-8(11)9(6-7)13(15)16/h1,3-4,6H,5H2,(H,12,14). The van der Waals surface area contributed by atoms with Crippen molar-refractivity contribution in [3.8, 4) is 12.3 Å². The van der Waals surface area contributed by atoms with Crippen LogP contribution >= 0.6 is 11.6 Å². The predicted molar refractivity (Wildman–Crippen MR) is 59.3 cm³/mol. The fourth-order valence-electron chi connectivity index (χ4n) is 1.03. The molecule has 1 amide bonds. The number of amides is 1. The summed E-state index contributed by atoms with van der Waals surface area (Å²) in [6, 6.07) is 3.79. The second-order valence-electron chi connectivity index (χ2n) is 2.81. The third-order valence-electron chi connectivity index (χ3n) is 1.76. The van der Waals surface area contributed by atoms with Crippen molar-refractivity contribution in [2.24, 2.45) is 0 Å². The Morgan fingerprint density at radius 1 is 1.62 bits per heavy atom. The number of carbonyl (C=O) groups is 1.